The van der Waals surface area contributed by atoms with Gasteiger partial charge in [-0.15, -0.1) is 0 Å². The molecule has 0 amide bonds. The number of hydrogen-bond donors (Lipinski definition) is 0. The molecule has 1 aliphatic carbocycles. The van der Waals surface area contributed by atoms with Gasteiger partial charge in [-0.05, 0) is 59.2 Å². The second-order valence-electron chi connectivity index (χ2n) is 6.04. The minimum Gasteiger partial charge on any atom is -0.427 e. The SMILES string of the molecule is CCCCCc1ccc2c(c1)Cc1cc(OC(C)=O)ccc1-2. The van der Waals surface area contributed by atoms with Crippen LogP contribution in [0.4, 0.5) is 0 Å². The maximum atomic E-state index is 11.1. The molecule has 0 atom stereocenters. The third-order valence-corrected chi connectivity index (χ3v) is 4.25. The van der Waals surface area contributed by atoms with E-state index in [0.29, 0.717) is 5.75 Å². The highest BCUT2D eigenvalue weighted by Crippen LogP contribution is 2.38. The smallest absolute Gasteiger partial charge is 0.308 e. The van der Waals surface area contributed by atoms with Gasteiger partial charge in [0.05, 0.1) is 0 Å². The maximum absolute atomic E-state index is 11.1. The van der Waals surface area contributed by atoms with Crippen LogP contribution in [0, 0.1) is 0 Å². The predicted octanol–water partition coefficient (Wildman–Crippen LogP) is 4.92. The van der Waals surface area contributed by atoms with Gasteiger partial charge in [0, 0.05) is 6.92 Å². The van der Waals surface area contributed by atoms with Crippen molar-refractivity contribution in [3.8, 4) is 16.9 Å². The summed E-state index contributed by atoms with van der Waals surface area (Å²) in [6.45, 7) is 3.67. The zero-order valence-electron chi connectivity index (χ0n) is 13.3. The van der Waals surface area contributed by atoms with Crippen LogP contribution in [0.15, 0.2) is 36.4 Å². The lowest BCUT2D eigenvalue weighted by atomic mass is 10.0. The topological polar surface area (TPSA) is 26.3 Å². The molecule has 0 heterocycles. The van der Waals surface area contributed by atoms with Crippen molar-refractivity contribution in [2.45, 2.75) is 46.0 Å². The molecular weight excluding hydrogens is 272 g/mol. The number of hydrogen-bond acceptors (Lipinski definition) is 2. The number of ether oxygens (including phenoxy) is 1. The second-order valence-corrected chi connectivity index (χ2v) is 6.04. The highest BCUT2D eigenvalue weighted by atomic mass is 16.5. The number of benzene rings is 2. The van der Waals surface area contributed by atoms with E-state index in [9.17, 15) is 4.79 Å². The Balaban J connectivity index is 1.81. The lowest BCUT2D eigenvalue weighted by Gasteiger charge is -2.06. The Morgan fingerprint density at radius 2 is 1.77 bits per heavy atom. The van der Waals surface area contributed by atoms with E-state index in [2.05, 4.69) is 31.2 Å². The van der Waals surface area contributed by atoms with Crippen LogP contribution in [0.3, 0.4) is 0 Å². The van der Waals surface area contributed by atoms with E-state index in [1.54, 1.807) is 0 Å². The molecule has 0 aliphatic heterocycles. The van der Waals surface area contributed by atoms with Crippen LogP contribution in [0.5, 0.6) is 5.75 Å². The fourth-order valence-electron chi connectivity index (χ4n) is 3.20. The van der Waals surface area contributed by atoms with Crippen molar-refractivity contribution in [3.63, 3.8) is 0 Å². The van der Waals surface area contributed by atoms with Crippen LogP contribution in [-0.4, -0.2) is 5.97 Å². The Hall–Kier alpha value is -2.09. The largest absolute Gasteiger partial charge is 0.427 e. The average Bonchev–Trinajstić information content (AvgIpc) is 2.83. The first kappa shape index (κ1) is 14.8. The summed E-state index contributed by atoms with van der Waals surface area (Å²) < 4.78 is 5.19. The number of carbonyl (C=O) groups excluding carboxylic acids is 1. The molecule has 0 bridgehead atoms. The van der Waals surface area contributed by atoms with Gasteiger partial charge in [0.1, 0.15) is 5.75 Å². The second kappa shape index (κ2) is 6.35. The molecule has 0 unspecified atom stereocenters. The molecule has 2 heteroatoms. The molecule has 0 radical (unpaired) electrons. The summed E-state index contributed by atoms with van der Waals surface area (Å²) in [4.78, 5) is 11.1. The van der Waals surface area contributed by atoms with Crippen molar-refractivity contribution in [2.24, 2.45) is 0 Å². The molecule has 2 nitrogen and oxygen atoms in total. The van der Waals surface area contributed by atoms with E-state index in [-0.39, 0.29) is 5.97 Å². The minimum atomic E-state index is -0.270. The highest BCUT2D eigenvalue weighted by molar-refractivity contribution is 5.78. The molecule has 114 valence electrons. The van der Waals surface area contributed by atoms with E-state index >= 15 is 0 Å². The maximum Gasteiger partial charge on any atom is 0.308 e. The van der Waals surface area contributed by atoms with Gasteiger partial charge < -0.3 is 4.74 Å². The molecule has 0 aromatic heterocycles. The Morgan fingerprint density at radius 1 is 1.05 bits per heavy atom. The van der Waals surface area contributed by atoms with Gasteiger partial charge >= 0.3 is 5.97 Å². The van der Waals surface area contributed by atoms with Gasteiger partial charge in [-0.1, -0.05) is 44.0 Å². The summed E-state index contributed by atoms with van der Waals surface area (Å²) in [5.74, 6) is 0.371. The lowest BCUT2D eigenvalue weighted by Crippen LogP contribution is -2.01. The minimum absolute atomic E-state index is 0.270. The Bertz CT molecular complexity index is 701. The predicted molar refractivity (Wildman–Crippen MR) is 89.2 cm³/mol. The number of fused-ring (bicyclic) bond motifs is 3. The van der Waals surface area contributed by atoms with Gasteiger partial charge in [0.25, 0.3) is 0 Å². The fraction of sp³-hybridized carbons (Fsp3) is 0.350. The van der Waals surface area contributed by atoms with Crippen molar-refractivity contribution in [1.82, 2.24) is 0 Å². The van der Waals surface area contributed by atoms with E-state index in [1.807, 2.05) is 12.1 Å². The summed E-state index contributed by atoms with van der Waals surface area (Å²) in [6, 6.07) is 12.8. The fourth-order valence-corrected chi connectivity index (χ4v) is 3.20. The molecule has 22 heavy (non-hydrogen) atoms. The summed E-state index contributed by atoms with van der Waals surface area (Å²) in [5.41, 5.74) is 6.67. The number of esters is 1. The van der Waals surface area contributed by atoms with Crippen molar-refractivity contribution < 1.29 is 9.53 Å². The van der Waals surface area contributed by atoms with Crippen LogP contribution in [0.2, 0.25) is 0 Å². The van der Waals surface area contributed by atoms with Crippen LogP contribution in [0.25, 0.3) is 11.1 Å². The first-order valence-corrected chi connectivity index (χ1v) is 8.11. The Labute approximate surface area is 132 Å². The summed E-state index contributed by atoms with van der Waals surface area (Å²) >= 11 is 0. The molecule has 0 spiro atoms. The van der Waals surface area contributed by atoms with Gasteiger partial charge in [-0.25, -0.2) is 0 Å². The van der Waals surface area contributed by atoms with Crippen LogP contribution in [-0.2, 0) is 17.6 Å². The number of unbranched alkanes of at least 4 members (excludes halogenated alkanes) is 2. The summed E-state index contributed by atoms with van der Waals surface area (Å²) in [7, 11) is 0. The zero-order chi connectivity index (χ0) is 15.5. The van der Waals surface area contributed by atoms with Crippen LogP contribution >= 0.6 is 0 Å². The van der Waals surface area contributed by atoms with E-state index in [0.717, 1.165) is 12.8 Å². The summed E-state index contributed by atoms with van der Waals surface area (Å²) in [6.07, 6.45) is 5.91. The monoisotopic (exact) mass is 294 g/mol. The van der Waals surface area contributed by atoms with Crippen molar-refractivity contribution in [3.05, 3.63) is 53.1 Å². The molecule has 0 saturated carbocycles. The van der Waals surface area contributed by atoms with E-state index in [1.165, 1.54) is 54.0 Å². The van der Waals surface area contributed by atoms with Crippen molar-refractivity contribution >= 4 is 5.97 Å². The average molecular weight is 294 g/mol. The third-order valence-electron chi connectivity index (χ3n) is 4.25. The molecule has 0 saturated heterocycles. The highest BCUT2D eigenvalue weighted by Gasteiger charge is 2.19. The molecule has 1 aliphatic rings. The first-order chi connectivity index (χ1) is 10.7. The first-order valence-electron chi connectivity index (χ1n) is 8.11. The van der Waals surface area contributed by atoms with Gasteiger partial charge in [0.2, 0.25) is 0 Å². The molecule has 2 aromatic carbocycles. The van der Waals surface area contributed by atoms with Gasteiger partial charge in [-0.3, -0.25) is 4.79 Å². The number of rotatable bonds is 5. The normalized spacial score (nSPS) is 11.9. The standard InChI is InChI=1S/C20H22O2/c1-3-4-5-6-15-7-9-19-16(11-15)12-17-13-18(22-14(2)21)8-10-20(17)19/h7-11,13H,3-6,12H2,1-2H3. The van der Waals surface area contributed by atoms with Crippen LogP contribution in [0.1, 0.15) is 49.8 Å². The summed E-state index contributed by atoms with van der Waals surface area (Å²) in [5, 5.41) is 0. The molecule has 0 N–H and O–H groups in total. The van der Waals surface area contributed by atoms with Crippen molar-refractivity contribution in [2.75, 3.05) is 0 Å². The zero-order valence-corrected chi connectivity index (χ0v) is 13.3. The molecular formula is C20H22O2. The Kier molecular flexibility index (Phi) is 4.28. The quantitative estimate of drug-likeness (QED) is 0.379. The molecule has 0 fully saturated rings. The van der Waals surface area contributed by atoms with Crippen molar-refractivity contribution in [1.29, 1.82) is 0 Å². The Morgan fingerprint density at radius 3 is 2.50 bits per heavy atom. The third kappa shape index (κ3) is 3.06. The molecule has 2 aromatic rings. The van der Waals surface area contributed by atoms with Crippen LogP contribution < -0.4 is 4.74 Å². The molecule has 3 rings (SSSR count). The number of carbonyl (C=O) groups is 1. The van der Waals surface area contributed by atoms with E-state index in [4.69, 9.17) is 4.74 Å². The van der Waals surface area contributed by atoms with Gasteiger partial charge in [0.15, 0.2) is 0 Å². The van der Waals surface area contributed by atoms with Gasteiger partial charge in [-0.2, -0.15) is 0 Å². The number of aryl methyl sites for hydroxylation is 1. The van der Waals surface area contributed by atoms with E-state index < -0.39 is 0 Å². The lowest BCUT2D eigenvalue weighted by molar-refractivity contribution is -0.131.